The summed E-state index contributed by atoms with van der Waals surface area (Å²) in [5.74, 6) is 3.07. The van der Waals surface area contributed by atoms with Crippen molar-refractivity contribution in [2.45, 2.75) is 0 Å². The number of aromatic nitrogens is 1. The van der Waals surface area contributed by atoms with Gasteiger partial charge in [0.2, 0.25) is 0 Å². The second-order valence-corrected chi connectivity index (χ2v) is 4.19. The normalized spacial score (nSPS) is 10.2. The van der Waals surface area contributed by atoms with Gasteiger partial charge in [-0.1, -0.05) is 11.6 Å². The zero-order valence-electron chi connectivity index (χ0n) is 9.95. The number of nitrogens with zero attached hydrogens (tertiary/aromatic N) is 1. The molecule has 20 heavy (non-hydrogen) atoms. The highest BCUT2D eigenvalue weighted by atomic mass is 35.5. The number of nitrogen functional groups attached to an aromatic ring is 1. The van der Waals surface area contributed by atoms with E-state index in [0.29, 0.717) is 6.07 Å². The van der Waals surface area contributed by atoms with Gasteiger partial charge >= 0.3 is 0 Å². The van der Waals surface area contributed by atoms with Crippen molar-refractivity contribution in [1.29, 1.82) is 0 Å². The summed E-state index contributed by atoms with van der Waals surface area (Å²) in [6.07, 6.45) is 0. The first-order chi connectivity index (χ1) is 9.49. The van der Waals surface area contributed by atoms with Crippen molar-refractivity contribution >= 4 is 29.0 Å². The van der Waals surface area contributed by atoms with Crippen LogP contribution in [0.1, 0.15) is 10.5 Å². The predicted molar refractivity (Wildman–Crippen MR) is 71.4 cm³/mol. The fraction of sp³-hybridized carbons (Fsp3) is 0. The molecule has 1 heterocycles. The summed E-state index contributed by atoms with van der Waals surface area (Å²) in [6, 6.07) is 5.53. The van der Waals surface area contributed by atoms with Gasteiger partial charge in [-0.05, 0) is 24.3 Å². The van der Waals surface area contributed by atoms with Gasteiger partial charge in [0.05, 0.1) is 5.02 Å². The third kappa shape index (κ3) is 3.19. The summed E-state index contributed by atoms with van der Waals surface area (Å²) < 4.78 is 26.0. The second-order valence-electron chi connectivity index (χ2n) is 3.78. The smallest absolute Gasteiger partial charge is 0.275 e. The summed E-state index contributed by atoms with van der Waals surface area (Å²) in [5.41, 5.74) is 2.10. The van der Waals surface area contributed by atoms with E-state index in [1.165, 1.54) is 12.1 Å². The monoisotopic (exact) mass is 298 g/mol. The summed E-state index contributed by atoms with van der Waals surface area (Å²) in [4.78, 5) is 15.8. The first-order valence-corrected chi connectivity index (χ1v) is 5.78. The van der Waals surface area contributed by atoms with Gasteiger partial charge in [0, 0.05) is 11.8 Å². The van der Waals surface area contributed by atoms with Crippen molar-refractivity contribution < 1.29 is 13.6 Å². The fourth-order valence-corrected chi connectivity index (χ4v) is 1.69. The van der Waals surface area contributed by atoms with Crippen LogP contribution in [0.4, 0.5) is 20.3 Å². The highest BCUT2D eigenvalue weighted by molar-refractivity contribution is 6.34. The van der Waals surface area contributed by atoms with Crippen LogP contribution in [0, 0.1) is 11.6 Å². The molecule has 0 fully saturated rings. The summed E-state index contributed by atoms with van der Waals surface area (Å²) in [6.45, 7) is 0. The number of carbonyl (C=O) groups is 1. The average Bonchev–Trinajstić information content (AvgIpc) is 2.37. The minimum Gasteiger partial charge on any atom is -0.320 e. The molecule has 0 spiro atoms. The molecule has 0 radical (unpaired) electrons. The predicted octanol–water partition coefficient (Wildman–Crippen LogP) is 2.55. The van der Waals surface area contributed by atoms with Crippen LogP contribution in [0.2, 0.25) is 5.02 Å². The van der Waals surface area contributed by atoms with Gasteiger partial charge in [-0.2, -0.15) is 0 Å². The van der Waals surface area contributed by atoms with Crippen LogP contribution in [0.3, 0.4) is 0 Å². The number of benzene rings is 1. The lowest BCUT2D eigenvalue weighted by Crippen LogP contribution is -2.17. The maximum Gasteiger partial charge on any atom is 0.275 e. The van der Waals surface area contributed by atoms with E-state index in [0.717, 1.165) is 12.1 Å². The maximum absolute atomic E-state index is 13.0. The van der Waals surface area contributed by atoms with E-state index in [4.69, 9.17) is 17.4 Å². The first-order valence-electron chi connectivity index (χ1n) is 5.40. The lowest BCUT2D eigenvalue weighted by Gasteiger charge is -2.08. The molecule has 5 nitrogen and oxygen atoms in total. The van der Waals surface area contributed by atoms with Crippen LogP contribution < -0.4 is 16.6 Å². The van der Waals surface area contributed by atoms with Crippen molar-refractivity contribution in [3.05, 3.63) is 52.7 Å². The third-order valence-electron chi connectivity index (χ3n) is 2.33. The molecule has 8 heteroatoms. The molecule has 1 amide bonds. The Morgan fingerprint density at radius 1 is 1.20 bits per heavy atom. The number of rotatable bonds is 3. The SMILES string of the molecule is NNc1ccc(Cl)c(C(=O)Nc2cc(F)cc(F)c2)n1. The number of hydrazine groups is 1. The van der Waals surface area contributed by atoms with Gasteiger partial charge in [0.15, 0.2) is 0 Å². The highest BCUT2D eigenvalue weighted by Crippen LogP contribution is 2.19. The molecule has 2 aromatic rings. The van der Waals surface area contributed by atoms with Crippen molar-refractivity contribution in [3.8, 4) is 0 Å². The lowest BCUT2D eigenvalue weighted by molar-refractivity contribution is 0.102. The Morgan fingerprint density at radius 2 is 1.85 bits per heavy atom. The number of hydrogen-bond donors (Lipinski definition) is 3. The average molecular weight is 299 g/mol. The molecule has 104 valence electrons. The van der Waals surface area contributed by atoms with E-state index < -0.39 is 17.5 Å². The number of pyridine rings is 1. The zero-order valence-corrected chi connectivity index (χ0v) is 10.7. The maximum atomic E-state index is 13.0. The van der Waals surface area contributed by atoms with Crippen LogP contribution in [0.5, 0.6) is 0 Å². The second kappa shape index (κ2) is 5.81. The summed E-state index contributed by atoms with van der Waals surface area (Å²) in [7, 11) is 0. The van der Waals surface area contributed by atoms with Crippen LogP contribution in [-0.2, 0) is 0 Å². The van der Waals surface area contributed by atoms with Crippen LogP contribution in [0.15, 0.2) is 30.3 Å². The zero-order chi connectivity index (χ0) is 14.7. The number of amides is 1. The Balaban J connectivity index is 2.27. The van der Waals surface area contributed by atoms with E-state index in [1.807, 2.05) is 0 Å². The van der Waals surface area contributed by atoms with Crippen LogP contribution in [0.25, 0.3) is 0 Å². The van der Waals surface area contributed by atoms with E-state index in [9.17, 15) is 13.6 Å². The largest absolute Gasteiger partial charge is 0.320 e. The summed E-state index contributed by atoms with van der Waals surface area (Å²) in [5, 5.41) is 2.38. The minimum absolute atomic E-state index is 0.0449. The molecule has 0 aliphatic rings. The number of hydrogen-bond acceptors (Lipinski definition) is 4. The molecule has 0 saturated heterocycles. The van der Waals surface area contributed by atoms with Crippen molar-refractivity contribution in [2.75, 3.05) is 10.7 Å². The fourth-order valence-electron chi connectivity index (χ4n) is 1.50. The Morgan fingerprint density at radius 3 is 2.45 bits per heavy atom. The highest BCUT2D eigenvalue weighted by Gasteiger charge is 2.14. The molecule has 0 saturated carbocycles. The molecular formula is C12H9ClF2N4O. The van der Waals surface area contributed by atoms with E-state index in [-0.39, 0.29) is 22.2 Å². The Bertz CT molecular complexity index is 646. The van der Waals surface area contributed by atoms with Crippen LogP contribution >= 0.6 is 11.6 Å². The molecular weight excluding hydrogens is 290 g/mol. The van der Waals surface area contributed by atoms with Gasteiger partial charge in [-0.3, -0.25) is 4.79 Å². The number of carbonyl (C=O) groups excluding carboxylic acids is 1. The number of anilines is 2. The molecule has 1 aromatic heterocycles. The van der Waals surface area contributed by atoms with Gasteiger partial charge in [0.1, 0.15) is 23.1 Å². The minimum atomic E-state index is -0.809. The third-order valence-corrected chi connectivity index (χ3v) is 2.63. The molecule has 1 aromatic carbocycles. The van der Waals surface area contributed by atoms with E-state index >= 15 is 0 Å². The number of nitrogens with two attached hydrogens (primary N) is 1. The first kappa shape index (κ1) is 14.2. The van der Waals surface area contributed by atoms with Crippen molar-refractivity contribution in [3.63, 3.8) is 0 Å². The molecule has 0 aliphatic carbocycles. The van der Waals surface area contributed by atoms with E-state index in [2.05, 4.69) is 15.7 Å². The van der Waals surface area contributed by atoms with Gasteiger partial charge < -0.3 is 10.7 Å². The topological polar surface area (TPSA) is 80.0 Å². The van der Waals surface area contributed by atoms with Crippen LogP contribution in [-0.4, -0.2) is 10.9 Å². The summed E-state index contributed by atoms with van der Waals surface area (Å²) >= 11 is 5.84. The quantitative estimate of drug-likeness (QED) is 0.601. The number of halogens is 3. The molecule has 0 unspecified atom stereocenters. The molecule has 0 bridgehead atoms. The molecule has 0 atom stereocenters. The standard InChI is InChI=1S/C12H9ClF2N4O/c13-9-1-2-10(19-16)18-11(9)12(20)17-8-4-6(14)3-7(15)5-8/h1-5H,16H2,(H,17,20)(H,18,19). The van der Waals surface area contributed by atoms with Gasteiger partial charge in [0.25, 0.3) is 5.91 Å². The molecule has 0 aliphatic heterocycles. The van der Waals surface area contributed by atoms with E-state index in [1.54, 1.807) is 0 Å². The molecule has 2 rings (SSSR count). The number of nitrogens with one attached hydrogen (secondary N) is 2. The molecule has 4 N–H and O–H groups in total. The van der Waals surface area contributed by atoms with Gasteiger partial charge in [-0.15, -0.1) is 0 Å². The lowest BCUT2D eigenvalue weighted by atomic mass is 10.2. The van der Waals surface area contributed by atoms with Gasteiger partial charge in [-0.25, -0.2) is 19.6 Å². The Kier molecular flexibility index (Phi) is 4.11. The Labute approximate surface area is 117 Å². The van der Waals surface area contributed by atoms with Crippen molar-refractivity contribution in [1.82, 2.24) is 4.98 Å². The van der Waals surface area contributed by atoms with Crippen molar-refractivity contribution in [2.24, 2.45) is 5.84 Å². The Hall–Kier alpha value is -2.25.